The minimum atomic E-state index is -3.82. The highest BCUT2D eigenvalue weighted by Crippen LogP contribution is 2.18. The Bertz CT molecular complexity index is 1020. The predicted octanol–water partition coefficient (Wildman–Crippen LogP) is 1.66. The van der Waals surface area contributed by atoms with Crippen molar-refractivity contribution >= 4 is 32.9 Å². The van der Waals surface area contributed by atoms with E-state index in [0.29, 0.717) is 11.4 Å². The molecule has 0 aliphatic carbocycles. The van der Waals surface area contributed by atoms with Crippen molar-refractivity contribution in [2.45, 2.75) is 11.5 Å². The van der Waals surface area contributed by atoms with Crippen LogP contribution in [0.2, 0.25) is 0 Å². The third-order valence-electron chi connectivity index (χ3n) is 3.17. The summed E-state index contributed by atoms with van der Waals surface area (Å²) in [5.74, 6) is 0.278. The first-order valence-corrected chi connectivity index (χ1v) is 9.97. The van der Waals surface area contributed by atoms with E-state index in [2.05, 4.69) is 19.6 Å². The van der Waals surface area contributed by atoms with Gasteiger partial charge in [-0.2, -0.15) is 4.98 Å². The molecule has 0 saturated heterocycles. The van der Waals surface area contributed by atoms with Crippen LogP contribution in [0, 0.1) is 0 Å². The fourth-order valence-electron chi connectivity index (χ4n) is 1.99. The van der Waals surface area contributed by atoms with Crippen LogP contribution in [0.25, 0.3) is 0 Å². The lowest BCUT2D eigenvalue weighted by molar-refractivity contribution is 0.243. The first-order valence-electron chi connectivity index (χ1n) is 7.41. The molecule has 3 rings (SSSR count). The highest BCUT2D eigenvalue weighted by atomic mass is 32.2. The highest BCUT2D eigenvalue weighted by molar-refractivity contribution is 7.92. The predicted molar refractivity (Wildman–Crippen MR) is 94.9 cm³/mol. The van der Waals surface area contributed by atoms with Crippen LogP contribution in [0.5, 0.6) is 5.75 Å². The Balaban J connectivity index is 1.59. The largest absolute Gasteiger partial charge is 0.755 e. The number of ether oxygens (including phenoxy) is 1. The fourth-order valence-corrected chi connectivity index (χ4v) is 3.28. The number of hydrogen-bond donors (Lipinski definition) is 2. The molecule has 2 N–H and O–H groups in total. The van der Waals surface area contributed by atoms with E-state index in [1.807, 2.05) is 0 Å². The van der Waals surface area contributed by atoms with Gasteiger partial charge in [-0.1, -0.05) is 18.2 Å². The van der Waals surface area contributed by atoms with E-state index in [1.54, 1.807) is 30.3 Å². The van der Waals surface area contributed by atoms with Crippen LogP contribution in [-0.2, 0) is 27.9 Å². The fraction of sp³-hybridized carbons (Fsp3) is 0.0667. The summed E-state index contributed by atoms with van der Waals surface area (Å²) in [6.07, 6.45) is 0. The zero-order chi connectivity index (χ0) is 19.3. The smallest absolute Gasteiger partial charge is 0.277 e. The molecule has 142 valence electrons. The lowest BCUT2D eigenvalue weighted by Gasteiger charge is -2.09. The number of nitrogens with zero attached hydrogens (tertiary/aromatic N) is 2. The quantitative estimate of drug-likeness (QED) is 0.534. The minimum Gasteiger partial charge on any atom is -0.755 e. The third kappa shape index (κ3) is 5.26. The Kier molecular flexibility index (Phi) is 5.69. The Hall–Kier alpha value is -2.96. The summed E-state index contributed by atoms with van der Waals surface area (Å²) in [5.41, 5.74) is 0.381. The van der Waals surface area contributed by atoms with Gasteiger partial charge >= 0.3 is 0 Å². The van der Waals surface area contributed by atoms with Gasteiger partial charge < -0.3 is 18.5 Å². The van der Waals surface area contributed by atoms with E-state index >= 15 is 0 Å². The van der Waals surface area contributed by atoms with E-state index in [0.717, 1.165) is 0 Å². The number of hydrogen-bond acceptors (Lipinski definition) is 8. The molecule has 0 spiro atoms. The zero-order valence-corrected chi connectivity index (χ0v) is 15.2. The maximum absolute atomic E-state index is 12.2. The molecule has 0 fully saturated rings. The van der Waals surface area contributed by atoms with Gasteiger partial charge in [0.15, 0.2) is 6.61 Å². The molecule has 2 aromatic carbocycles. The molecule has 0 aliphatic heterocycles. The molecule has 1 aromatic heterocycles. The Morgan fingerprint density at radius 1 is 1.11 bits per heavy atom. The van der Waals surface area contributed by atoms with Gasteiger partial charge in [-0.15, -0.1) is 0 Å². The van der Waals surface area contributed by atoms with Crippen LogP contribution in [0.3, 0.4) is 0 Å². The lowest BCUT2D eigenvalue weighted by atomic mass is 10.3. The normalized spacial score (nSPS) is 12.3. The van der Waals surface area contributed by atoms with Crippen molar-refractivity contribution in [3.63, 3.8) is 0 Å². The second kappa shape index (κ2) is 8.16. The van der Waals surface area contributed by atoms with Crippen molar-refractivity contribution in [1.29, 1.82) is 0 Å². The van der Waals surface area contributed by atoms with Crippen molar-refractivity contribution < 1.29 is 26.4 Å². The Morgan fingerprint density at radius 3 is 2.48 bits per heavy atom. The summed E-state index contributed by atoms with van der Waals surface area (Å²) in [6.45, 7) is -0.0969. The van der Waals surface area contributed by atoms with Crippen LogP contribution < -0.4 is 14.2 Å². The SMILES string of the molecule is O=S([O-])Nc1ccc(OCc2nc(NS(=O)(=O)c3ccccc3)no2)cc1. The van der Waals surface area contributed by atoms with Gasteiger partial charge in [0.25, 0.3) is 21.9 Å². The highest BCUT2D eigenvalue weighted by Gasteiger charge is 2.17. The monoisotopic (exact) mass is 409 g/mol. The van der Waals surface area contributed by atoms with Gasteiger partial charge in [-0.05, 0) is 41.6 Å². The molecule has 1 heterocycles. The second-order valence-electron chi connectivity index (χ2n) is 5.08. The molecule has 0 bridgehead atoms. The number of rotatable bonds is 8. The van der Waals surface area contributed by atoms with Crippen molar-refractivity contribution in [2.75, 3.05) is 9.44 Å². The Morgan fingerprint density at radius 2 is 1.81 bits per heavy atom. The molecule has 1 unspecified atom stereocenters. The maximum atomic E-state index is 12.2. The molecule has 0 amide bonds. The van der Waals surface area contributed by atoms with Crippen molar-refractivity contribution in [3.05, 3.63) is 60.5 Å². The maximum Gasteiger partial charge on any atom is 0.277 e. The molecular formula is C15H13N4O6S2-. The van der Waals surface area contributed by atoms with Crippen molar-refractivity contribution in [1.82, 2.24) is 10.1 Å². The first kappa shape index (κ1) is 18.8. The summed E-state index contributed by atoms with van der Waals surface area (Å²) in [4.78, 5) is 3.98. The number of benzene rings is 2. The van der Waals surface area contributed by atoms with E-state index in [4.69, 9.17) is 9.26 Å². The topological polar surface area (TPSA) is 146 Å². The number of aromatic nitrogens is 2. The molecular weight excluding hydrogens is 396 g/mol. The Labute approximate surface area is 157 Å². The summed E-state index contributed by atoms with van der Waals surface area (Å²) in [5, 5.41) is 3.55. The first-order chi connectivity index (χ1) is 12.9. The minimum absolute atomic E-state index is 0.0589. The van der Waals surface area contributed by atoms with Gasteiger partial charge in [0.2, 0.25) is 0 Å². The van der Waals surface area contributed by atoms with Crippen LogP contribution in [-0.4, -0.2) is 27.3 Å². The number of nitrogens with one attached hydrogen (secondary N) is 2. The van der Waals surface area contributed by atoms with Crippen LogP contribution in [0.1, 0.15) is 5.89 Å². The molecule has 1 atom stereocenters. The molecule has 0 saturated carbocycles. The molecule has 3 aromatic rings. The van der Waals surface area contributed by atoms with Gasteiger partial charge in [0.05, 0.1) is 4.90 Å². The molecule has 0 radical (unpaired) electrons. The van der Waals surface area contributed by atoms with Crippen molar-refractivity contribution in [2.24, 2.45) is 0 Å². The lowest BCUT2D eigenvalue weighted by Crippen LogP contribution is -2.13. The van der Waals surface area contributed by atoms with Crippen LogP contribution >= 0.6 is 0 Å². The van der Waals surface area contributed by atoms with Crippen LogP contribution in [0.4, 0.5) is 11.6 Å². The van der Waals surface area contributed by atoms with Gasteiger partial charge in [0, 0.05) is 17.0 Å². The molecule has 27 heavy (non-hydrogen) atoms. The summed E-state index contributed by atoms with van der Waals surface area (Å²) < 4.78 is 60.2. The number of anilines is 2. The van der Waals surface area contributed by atoms with E-state index in [-0.39, 0.29) is 23.3 Å². The van der Waals surface area contributed by atoms with Crippen LogP contribution in [0.15, 0.2) is 64.0 Å². The summed E-state index contributed by atoms with van der Waals surface area (Å²) in [6, 6.07) is 13.9. The second-order valence-corrected chi connectivity index (χ2v) is 7.44. The summed E-state index contributed by atoms with van der Waals surface area (Å²) >= 11 is -2.41. The average Bonchev–Trinajstić information content (AvgIpc) is 3.08. The average molecular weight is 409 g/mol. The van der Waals surface area contributed by atoms with Gasteiger partial charge in [-0.25, -0.2) is 13.1 Å². The van der Waals surface area contributed by atoms with Crippen molar-refractivity contribution in [3.8, 4) is 5.75 Å². The third-order valence-corrected chi connectivity index (χ3v) is 4.91. The van der Waals surface area contributed by atoms with E-state index in [1.165, 1.54) is 24.3 Å². The molecule has 12 heteroatoms. The number of sulfonamides is 1. The molecule has 0 aliphatic rings. The van der Waals surface area contributed by atoms with E-state index in [9.17, 15) is 17.2 Å². The standard InChI is InChI=1S/C15H14N4O6S2/c20-26(21)18-11-6-8-12(9-7-11)24-10-14-16-15(17-25-14)19-27(22,23)13-4-2-1-3-5-13/h1-9,18H,10H2,(H,17,19)(H,20,21)/p-1. The molecule has 10 nitrogen and oxygen atoms in total. The van der Waals surface area contributed by atoms with Gasteiger partial charge in [-0.3, -0.25) is 4.21 Å². The summed E-state index contributed by atoms with van der Waals surface area (Å²) in [7, 11) is -3.82. The van der Waals surface area contributed by atoms with Gasteiger partial charge in [0.1, 0.15) is 5.75 Å². The zero-order valence-electron chi connectivity index (χ0n) is 13.6. The van der Waals surface area contributed by atoms with E-state index < -0.39 is 21.3 Å².